The van der Waals surface area contributed by atoms with Crippen molar-refractivity contribution >= 4 is 20.5 Å². The van der Waals surface area contributed by atoms with Gasteiger partial charge in [0, 0.05) is 0 Å². The van der Waals surface area contributed by atoms with E-state index in [4.69, 9.17) is 5.11 Å². The second kappa shape index (κ2) is 5.64. The fraction of sp³-hybridized carbons (Fsp3) is 0.0625. The third kappa shape index (κ3) is 2.48. The van der Waals surface area contributed by atoms with Gasteiger partial charge in [-0.1, -0.05) is 0 Å². The molecule has 0 amide bonds. The van der Waals surface area contributed by atoms with Crippen LogP contribution in [0.15, 0.2) is 42.7 Å². The van der Waals surface area contributed by atoms with E-state index >= 15 is 0 Å². The van der Waals surface area contributed by atoms with Crippen LogP contribution in [0.1, 0.15) is 20.5 Å². The Balaban J connectivity index is 2.08. The third-order valence-corrected chi connectivity index (χ3v) is 5.74. The number of aromatic carboxylic acids is 1. The van der Waals surface area contributed by atoms with Crippen molar-refractivity contribution in [3.8, 4) is 21.9 Å². The van der Waals surface area contributed by atoms with E-state index in [0.29, 0.717) is 15.7 Å². The molecule has 1 aromatic carbocycles. The Morgan fingerprint density at radius 2 is 2.09 bits per heavy atom. The van der Waals surface area contributed by atoms with Gasteiger partial charge in [0.15, 0.2) is 0 Å². The van der Waals surface area contributed by atoms with Crippen molar-refractivity contribution in [2.45, 2.75) is 6.92 Å². The molecular formula is C16H11N3O2Se. The van der Waals surface area contributed by atoms with Gasteiger partial charge in [-0.2, -0.15) is 0 Å². The fourth-order valence-electron chi connectivity index (χ4n) is 2.20. The zero-order chi connectivity index (χ0) is 15.7. The zero-order valence-electron chi connectivity index (χ0n) is 11.6. The predicted molar refractivity (Wildman–Crippen MR) is 82.4 cm³/mol. The summed E-state index contributed by atoms with van der Waals surface area (Å²) in [6.07, 6.45) is 3.75. The Bertz CT molecular complexity index is 889. The average molecular weight is 356 g/mol. The molecule has 0 radical (unpaired) electrons. The van der Waals surface area contributed by atoms with Gasteiger partial charge in [-0.05, 0) is 0 Å². The monoisotopic (exact) mass is 357 g/mol. The molecule has 0 aliphatic carbocycles. The molecule has 0 aliphatic rings. The number of rotatable bonds is 3. The van der Waals surface area contributed by atoms with Crippen LogP contribution in [0.3, 0.4) is 0 Å². The van der Waals surface area contributed by atoms with Crippen LogP contribution in [0, 0.1) is 18.3 Å². The number of carbonyl (C=O) groups is 1. The van der Waals surface area contributed by atoms with Gasteiger partial charge in [0.05, 0.1) is 0 Å². The van der Waals surface area contributed by atoms with Gasteiger partial charge in [0.1, 0.15) is 0 Å². The first-order chi connectivity index (χ1) is 10.6. The SMILES string of the molecule is Cc1nc(-c2ccc(-n3cccc3)c(C#N)c2)[se]c1C(=O)O. The van der Waals surface area contributed by atoms with Gasteiger partial charge >= 0.3 is 132 Å². The molecule has 6 heteroatoms. The minimum absolute atomic E-state index is 0.336. The number of aromatic nitrogens is 2. The van der Waals surface area contributed by atoms with E-state index in [1.807, 2.05) is 41.2 Å². The number of hydrogen-bond donors (Lipinski definition) is 1. The van der Waals surface area contributed by atoms with Gasteiger partial charge < -0.3 is 0 Å². The van der Waals surface area contributed by atoms with Crippen molar-refractivity contribution in [3.63, 3.8) is 0 Å². The zero-order valence-corrected chi connectivity index (χ0v) is 13.4. The number of aryl methyl sites for hydroxylation is 1. The standard InChI is InChI=1S/C16H11N3O2Se/c1-10-14(16(20)21)22-15(18-10)11-4-5-13(12(8-11)9-17)19-6-2-3-7-19/h2-8H,1H3,(H,20,21). The van der Waals surface area contributed by atoms with Crippen LogP contribution >= 0.6 is 0 Å². The molecule has 108 valence electrons. The topological polar surface area (TPSA) is 78.9 Å². The van der Waals surface area contributed by atoms with E-state index in [1.165, 1.54) is 0 Å². The van der Waals surface area contributed by atoms with Crippen molar-refractivity contribution in [3.05, 3.63) is 58.4 Å². The number of carboxylic acids is 1. The molecule has 22 heavy (non-hydrogen) atoms. The molecule has 0 spiro atoms. The minimum atomic E-state index is -0.916. The van der Waals surface area contributed by atoms with Crippen molar-refractivity contribution in [1.82, 2.24) is 9.55 Å². The quantitative estimate of drug-likeness (QED) is 0.732. The molecule has 1 N–H and O–H groups in total. The summed E-state index contributed by atoms with van der Waals surface area (Å²) in [6.45, 7) is 1.71. The molecule has 2 aromatic heterocycles. The van der Waals surface area contributed by atoms with Crippen LogP contribution in [-0.4, -0.2) is 35.1 Å². The van der Waals surface area contributed by atoms with Crippen LogP contribution < -0.4 is 0 Å². The molecule has 0 unspecified atom stereocenters. The Hall–Kier alpha value is -2.61. The molecule has 3 aromatic rings. The fourth-order valence-corrected chi connectivity index (χ4v) is 4.09. The molecule has 3 rings (SSSR count). The molecule has 0 bridgehead atoms. The maximum absolute atomic E-state index is 11.2. The van der Waals surface area contributed by atoms with Crippen LogP contribution in [-0.2, 0) is 0 Å². The van der Waals surface area contributed by atoms with E-state index in [0.717, 1.165) is 15.8 Å². The normalized spacial score (nSPS) is 10.4. The molecule has 0 saturated carbocycles. The average Bonchev–Trinajstić information content (AvgIpc) is 3.15. The van der Waals surface area contributed by atoms with Crippen molar-refractivity contribution in [1.29, 1.82) is 5.26 Å². The number of nitrogens with zero attached hydrogens (tertiary/aromatic N) is 3. The Labute approximate surface area is 132 Å². The van der Waals surface area contributed by atoms with E-state index < -0.39 is 5.97 Å². The summed E-state index contributed by atoms with van der Waals surface area (Å²) >= 11 is -0.336. The summed E-state index contributed by atoms with van der Waals surface area (Å²) in [6, 6.07) is 11.5. The van der Waals surface area contributed by atoms with Crippen molar-refractivity contribution < 1.29 is 9.90 Å². The second-order valence-electron chi connectivity index (χ2n) is 4.67. The van der Waals surface area contributed by atoms with Gasteiger partial charge in [0.2, 0.25) is 0 Å². The van der Waals surface area contributed by atoms with E-state index in [2.05, 4.69) is 11.1 Å². The van der Waals surface area contributed by atoms with E-state index in [9.17, 15) is 10.1 Å². The van der Waals surface area contributed by atoms with E-state index in [-0.39, 0.29) is 14.5 Å². The van der Waals surface area contributed by atoms with Crippen molar-refractivity contribution in [2.75, 3.05) is 0 Å². The molecule has 0 saturated heterocycles. The third-order valence-electron chi connectivity index (χ3n) is 3.24. The molecule has 0 atom stereocenters. The first-order valence-corrected chi connectivity index (χ1v) is 8.20. The summed E-state index contributed by atoms with van der Waals surface area (Å²) in [7, 11) is 0. The summed E-state index contributed by atoms with van der Waals surface area (Å²) < 4.78 is 2.99. The summed E-state index contributed by atoms with van der Waals surface area (Å²) in [4.78, 5) is 15.5. The first-order valence-electron chi connectivity index (χ1n) is 6.48. The summed E-state index contributed by atoms with van der Waals surface area (Å²) in [5.74, 6) is -0.916. The Morgan fingerprint density at radius 3 is 2.68 bits per heavy atom. The molecule has 0 aliphatic heterocycles. The van der Waals surface area contributed by atoms with Gasteiger partial charge in [0.25, 0.3) is 0 Å². The van der Waals surface area contributed by atoms with Crippen LogP contribution in [0.25, 0.3) is 15.8 Å². The summed E-state index contributed by atoms with van der Waals surface area (Å²) in [5.41, 5.74) is 2.69. The maximum atomic E-state index is 11.2. The Kier molecular flexibility index (Phi) is 3.68. The van der Waals surface area contributed by atoms with Gasteiger partial charge in [-0.3, -0.25) is 0 Å². The molecule has 2 heterocycles. The molecule has 0 fully saturated rings. The van der Waals surface area contributed by atoms with Crippen LogP contribution in [0.2, 0.25) is 0 Å². The summed E-state index contributed by atoms with van der Waals surface area (Å²) in [5, 5.41) is 18.5. The number of carboxylic acid groups (broad SMARTS) is 1. The second-order valence-corrected chi connectivity index (χ2v) is 6.77. The van der Waals surface area contributed by atoms with Crippen LogP contribution in [0.5, 0.6) is 0 Å². The first kappa shape index (κ1) is 14.3. The number of benzene rings is 1. The van der Waals surface area contributed by atoms with Crippen LogP contribution in [0.4, 0.5) is 0 Å². The molecule has 5 nitrogen and oxygen atoms in total. The number of hydrogen-bond acceptors (Lipinski definition) is 3. The van der Waals surface area contributed by atoms with Gasteiger partial charge in [-0.25, -0.2) is 0 Å². The van der Waals surface area contributed by atoms with E-state index in [1.54, 1.807) is 13.0 Å². The van der Waals surface area contributed by atoms with Gasteiger partial charge in [-0.15, -0.1) is 0 Å². The molecular weight excluding hydrogens is 345 g/mol. The number of nitriles is 1. The predicted octanol–water partition coefficient (Wildman–Crippen LogP) is 2.47. The van der Waals surface area contributed by atoms with Crippen molar-refractivity contribution in [2.24, 2.45) is 0 Å². The Morgan fingerprint density at radius 1 is 1.36 bits per heavy atom.